The first-order valence-corrected chi connectivity index (χ1v) is 11.4. The summed E-state index contributed by atoms with van der Waals surface area (Å²) in [6.07, 6.45) is 0. The van der Waals surface area contributed by atoms with E-state index in [0.717, 1.165) is 13.6 Å². The SMILES string of the molecule is O=C(COc1ccccc1)NC(=S)Nc1ccc2oc(-c3cc(I)ccc3Br)nc2c1. The number of hydrogen-bond acceptors (Lipinski definition) is 5. The summed E-state index contributed by atoms with van der Waals surface area (Å²) in [7, 11) is 0. The molecule has 0 aliphatic heterocycles. The van der Waals surface area contributed by atoms with Gasteiger partial charge in [-0.15, -0.1) is 0 Å². The Labute approximate surface area is 205 Å². The first kappa shape index (κ1) is 21.7. The van der Waals surface area contributed by atoms with E-state index in [4.69, 9.17) is 21.4 Å². The summed E-state index contributed by atoms with van der Waals surface area (Å²) >= 11 is 11.0. The van der Waals surface area contributed by atoms with E-state index in [1.165, 1.54) is 0 Å². The Hall–Kier alpha value is -2.50. The molecular weight excluding hydrogens is 593 g/mol. The average molecular weight is 608 g/mol. The second-order valence-corrected chi connectivity index (χ2v) is 8.94. The summed E-state index contributed by atoms with van der Waals surface area (Å²) in [5, 5.41) is 5.75. The van der Waals surface area contributed by atoms with E-state index in [2.05, 4.69) is 54.1 Å². The van der Waals surface area contributed by atoms with E-state index in [-0.39, 0.29) is 17.6 Å². The number of nitrogens with zero attached hydrogens (tertiary/aromatic N) is 1. The molecule has 4 aromatic rings. The smallest absolute Gasteiger partial charge is 0.264 e. The Morgan fingerprint density at radius 1 is 1.13 bits per heavy atom. The zero-order valence-corrected chi connectivity index (χ0v) is 20.5. The van der Waals surface area contributed by atoms with E-state index in [9.17, 15) is 4.79 Å². The lowest BCUT2D eigenvalue weighted by molar-refractivity contribution is -0.121. The molecule has 2 N–H and O–H groups in total. The van der Waals surface area contributed by atoms with Crippen molar-refractivity contribution in [1.29, 1.82) is 0 Å². The van der Waals surface area contributed by atoms with Crippen molar-refractivity contribution in [2.45, 2.75) is 0 Å². The standard InChI is InChI=1S/C22H15BrIN3O3S/c23-17-8-6-13(24)10-16(17)21-26-18-11-14(7-9-19(18)30-21)25-22(31)27-20(28)12-29-15-4-2-1-3-5-15/h1-11H,12H2,(H2,25,27,28,31). The highest BCUT2D eigenvalue weighted by atomic mass is 127. The summed E-state index contributed by atoms with van der Waals surface area (Å²) in [6, 6.07) is 20.5. The van der Waals surface area contributed by atoms with Crippen molar-refractivity contribution >= 4 is 78.5 Å². The number of thiocarbonyl (C=S) groups is 1. The number of benzene rings is 3. The van der Waals surface area contributed by atoms with Crippen molar-refractivity contribution in [3.63, 3.8) is 0 Å². The molecule has 156 valence electrons. The van der Waals surface area contributed by atoms with E-state index < -0.39 is 0 Å². The first-order chi connectivity index (χ1) is 15.0. The van der Waals surface area contributed by atoms with Gasteiger partial charge in [0.1, 0.15) is 11.3 Å². The highest BCUT2D eigenvalue weighted by molar-refractivity contribution is 14.1. The lowest BCUT2D eigenvalue weighted by atomic mass is 10.2. The minimum absolute atomic E-state index is 0.137. The Morgan fingerprint density at radius 3 is 2.74 bits per heavy atom. The highest BCUT2D eigenvalue weighted by Gasteiger charge is 2.13. The molecule has 0 saturated heterocycles. The van der Waals surface area contributed by atoms with Crippen LogP contribution in [0.15, 0.2) is 75.6 Å². The van der Waals surface area contributed by atoms with Crippen LogP contribution in [-0.2, 0) is 4.79 Å². The van der Waals surface area contributed by atoms with Crippen LogP contribution in [0.25, 0.3) is 22.6 Å². The molecule has 0 bridgehead atoms. The maximum Gasteiger partial charge on any atom is 0.264 e. The molecule has 0 atom stereocenters. The van der Waals surface area contributed by atoms with Crippen molar-refractivity contribution in [2.75, 3.05) is 11.9 Å². The second-order valence-electron chi connectivity index (χ2n) is 6.43. The van der Waals surface area contributed by atoms with Gasteiger partial charge in [-0.05, 0) is 99.3 Å². The topological polar surface area (TPSA) is 76.4 Å². The predicted molar refractivity (Wildman–Crippen MR) is 136 cm³/mol. The monoisotopic (exact) mass is 607 g/mol. The molecule has 0 radical (unpaired) electrons. The second kappa shape index (κ2) is 9.75. The zero-order valence-electron chi connectivity index (χ0n) is 15.9. The number of hydrogen-bond donors (Lipinski definition) is 2. The first-order valence-electron chi connectivity index (χ1n) is 9.12. The van der Waals surface area contributed by atoms with E-state index >= 15 is 0 Å². The number of carbonyl (C=O) groups excluding carboxylic acids is 1. The summed E-state index contributed by atoms with van der Waals surface area (Å²) in [5.41, 5.74) is 2.88. The molecule has 0 aliphatic rings. The number of nitrogens with one attached hydrogen (secondary N) is 2. The van der Waals surface area contributed by atoms with Gasteiger partial charge in [0.15, 0.2) is 17.3 Å². The van der Waals surface area contributed by atoms with Crippen LogP contribution in [0.1, 0.15) is 0 Å². The quantitative estimate of drug-likeness (QED) is 0.222. The number of halogens is 2. The number of para-hydroxylation sites is 1. The van der Waals surface area contributed by atoms with E-state index in [1.807, 2.05) is 42.5 Å². The summed E-state index contributed by atoms with van der Waals surface area (Å²) in [4.78, 5) is 16.6. The van der Waals surface area contributed by atoms with Gasteiger partial charge in [-0.1, -0.05) is 18.2 Å². The fraction of sp³-hybridized carbons (Fsp3) is 0.0455. The average Bonchev–Trinajstić information content (AvgIpc) is 3.18. The summed E-state index contributed by atoms with van der Waals surface area (Å²) in [6.45, 7) is -0.137. The Morgan fingerprint density at radius 2 is 1.94 bits per heavy atom. The number of carbonyl (C=O) groups is 1. The van der Waals surface area contributed by atoms with Crippen LogP contribution in [0.2, 0.25) is 0 Å². The third-order valence-electron chi connectivity index (χ3n) is 4.17. The molecule has 1 amide bonds. The van der Waals surface area contributed by atoms with Gasteiger partial charge in [-0.2, -0.15) is 0 Å². The molecule has 6 nitrogen and oxygen atoms in total. The molecule has 1 aromatic heterocycles. The van der Waals surface area contributed by atoms with Crippen LogP contribution < -0.4 is 15.4 Å². The summed E-state index contributed by atoms with van der Waals surface area (Å²) < 4.78 is 13.3. The van der Waals surface area contributed by atoms with Crippen LogP contribution in [0.4, 0.5) is 5.69 Å². The van der Waals surface area contributed by atoms with Crippen LogP contribution in [0, 0.1) is 3.57 Å². The number of oxazole rings is 1. The number of anilines is 1. The highest BCUT2D eigenvalue weighted by Crippen LogP contribution is 2.32. The third-order valence-corrected chi connectivity index (χ3v) is 5.74. The van der Waals surface area contributed by atoms with Gasteiger partial charge in [0.25, 0.3) is 5.91 Å². The predicted octanol–water partition coefficient (Wildman–Crippen LogP) is 5.75. The molecule has 31 heavy (non-hydrogen) atoms. The molecule has 0 unspecified atom stereocenters. The number of rotatable bonds is 5. The van der Waals surface area contributed by atoms with Gasteiger partial charge in [-0.3, -0.25) is 10.1 Å². The number of fused-ring (bicyclic) bond motifs is 1. The molecule has 3 aromatic carbocycles. The lowest BCUT2D eigenvalue weighted by Gasteiger charge is -2.10. The maximum atomic E-state index is 12.1. The molecule has 1 heterocycles. The van der Waals surface area contributed by atoms with Crippen LogP contribution in [-0.4, -0.2) is 22.6 Å². The van der Waals surface area contributed by atoms with Crippen LogP contribution >= 0.6 is 50.7 Å². The molecule has 4 rings (SSSR count). The Balaban J connectivity index is 1.41. The van der Waals surface area contributed by atoms with Gasteiger partial charge >= 0.3 is 0 Å². The fourth-order valence-electron chi connectivity index (χ4n) is 2.77. The number of amides is 1. The maximum absolute atomic E-state index is 12.1. The van der Waals surface area contributed by atoms with Gasteiger partial charge in [-0.25, -0.2) is 4.98 Å². The van der Waals surface area contributed by atoms with Crippen molar-refractivity contribution in [1.82, 2.24) is 10.3 Å². The van der Waals surface area contributed by atoms with Crippen molar-refractivity contribution in [3.8, 4) is 17.2 Å². The number of ether oxygens (including phenoxy) is 1. The van der Waals surface area contributed by atoms with Crippen LogP contribution in [0.3, 0.4) is 0 Å². The molecule has 9 heteroatoms. The molecule has 0 spiro atoms. The van der Waals surface area contributed by atoms with Crippen molar-refractivity contribution in [2.24, 2.45) is 0 Å². The molecule has 0 aliphatic carbocycles. The van der Waals surface area contributed by atoms with E-state index in [1.54, 1.807) is 24.3 Å². The van der Waals surface area contributed by atoms with Crippen LogP contribution in [0.5, 0.6) is 5.75 Å². The lowest BCUT2D eigenvalue weighted by Crippen LogP contribution is -2.37. The third kappa shape index (κ3) is 5.60. The fourth-order valence-corrected chi connectivity index (χ4v) is 3.91. The largest absolute Gasteiger partial charge is 0.484 e. The molecule has 0 saturated carbocycles. The summed E-state index contributed by atoms with van der Waals surface area (Å²) in [5.74, 6) is 0.782. The van der Waals surface area contributed by atoms with Gasteiger partial charge in [0.05, 0.1) is 5.56 Å². The minimum Gasteiger partial charge on any atom is -0.484 e. The Kier molecular flexibility index (Phi) is 6.83. The van der Waals surface area contributed by atoms with Gasteiger partial charge in [0.2, 0.25) is 5.89 Å². The van der Waals surface area contributed by atoms with E-state index in [0.29, 0.717) is 28.4 Å². The van der Waals surface area contributed by atoms with Gasteiger partial charge in [0, 0.05) is 13.7 Å². The minimum atomic E-state index is -0.352. The van der Waals surface area contributed by atoms with Gasteiger partial charge < -0.3 is 14.5 Å². The van der Waals surface area contributed by atoms with Crippen molar-refractivity contribution < 1.29 is 13.9 Å². The molecular formula is C22H15BrIN3O3S. The van der Waals surface area contributed by atoms with Crippen molar-refractivity contribution in [3.05, 3.63) is 74.8 Å². The normalized spacial score (nSPS) is 10.6. The molecule has 0 fully saturated rings. The Bertz CT molecular complexity index is 1260. The zero-order chi connectivity index (χ0) is 21.8. The number of aromatic nitrogens is 1.